The maximum absolute atomic E-state index is 3.49. The second-order valence-corrected chi connectivity index (χ2v) is 5.02. The van der Waals surface area contributed by atoms with Gasteiger partial charge in [-0.15, -0.1) is 0 Å². The standard InChI is InChI=1S/C14H30N2/c1-3-11-15-12-8-13-16(4-2)14-9-6-5-7-10-14/h14-15H,3-13H2,1-2H3. The molecule has 0 atom stereocenters. The first kappa shape index (κ1) is 14.0. The second kappa shape index (κ2) is 9.00. The van der Waals surface area contributed by atoms with Crippen molar-refractivity contribution >= 4 is 0 Å². The van der Waals surface area contributed by atoms with E-state index < -0.39 is 0 Å². The highest BCUT2D eigenvalue weighted by Crippen LogP contribution is 2.22. The fourth-order valence-electron chi connectivity index (χ4n) is 2.75. The van der Waals surface area contributed by atoms with Crippen LogP contribution in [0.15, 0.2) is 0 Å². The van der Waals surface area contributed by atoms with Gasteiger partial charge in [0.15, 0.2) is 0 Å². The highest BCUT2D eigenvalue weighted by Gasteiger charge is 2.18. The lowest BCUT2D eigenvalue weighted by atomic mass is 9.94. The average molecular weight is 226 g/mol. The van der Waals surface area contributed by atoms with Gasteiger partial charge in [-0.25, -0.2) is 0 Å². The van der Waals surface area contributed by atoms with E-state index >= 15 is 0 Å². The number of rotatable bonds is 8. The molecule has 1 fully saturated rings. The third-order valence-corrected chi connectivity index (χ3v) is 3.72. The van der Waals surface area contributed by atoms with Gasteiger partial charge in [-0.2, -0.15) is 0 Å². The molecule has 0 amide bonds. The van der Waals surface area contributed by atoms with Gasteiger partial charge in [0.05, 0.1) is 0 Å². The van der Waals surface area contributed by atoms with Crippen molar-refractivity contribution in [2.24, 2.45) is 0 Å². The molecule has 0 saturated heterocycles. The smallest absolute Gasteiger partial charge is 0.00951 e. The van der Waals surface area contributed by atoms with Gasteiger partial charge in [-0.05, 0) is 51.9 Å². The van der Waals surface area contributed by atoms with Gasteiger partial charge in [0.2, 0.25) is 0 Å². The summed E-state index contributed by atoms with van der Waals surface area (Å²) in [4.78, 5) is 2.70. The lowest BCUT2D eigenvalue weighted by molar-refractivity contribution is 0.162. The van der Waals surface area contributed by atoms with Crippen LogP contribution in [0, 0.1) is 0 Å². The molecule has 1 N–H and O–H groups in total. The summed E-state index contributed by atoms with van der Waals surface area (Å²) in [5, 5.41) is 3.49. The lowest BCUT2D eigenvalue weighted by Crippen LogP contribution is -2.38. The van der Waals surface area contributed by atoms with Crippen LogP contribution < -0.4 is 5.32 Å². The van der Waals surface area contributed by atoms with Crippen LogP contribution in [0.25, 0.3) is 0 Å². The van der Waals surface area contributed by atoms with Crippen molar-refractivity contribution in [2.45, 2.75) is 64.8 Å². The first-order chi connectivity index (χ1) is 7.88. The van der Waals surface area contributed by atoms with Gasteiger partial charge in [0.25, 0.3) is 0 Å². The van der Waals surface area contributed by atoms with Crippen LogP contribution in [0.2, 0.25) is 0 Å². The Morgan fingerprint density at radius 1 is 1.06 bits per heavy atom. The van der Waals surface area contributed by atoms with Crippen molar-refractivity contribution in [3.63, 3.8) is 0 Å². The third kappa shape index (κ3) is 5.31. The zero-order valence-corrected chi connectivity index (χ0v) is 11.3. The Hall–Kier alpha value is -0.0800. The maximum atomic E-state index is 3.49. The molecule has 1 aliphatic carbocycles. The maximum Gasteiger partial charge on any atom is 0.00951 e. The summed E-state index contributed by atoms with van der Waals surface area (Å²) in [5.74, 6) is 0. The fourth-order valence-corrected chi connectivity index (χ4v) is 2.75. The van der Waals surface area contributed by atoms with Crippen molar-refractivity contribution in [3.05, 3.63) is 0 Å². The van der Waals surface area contributed by atoms with E-state index in [4.69, 9.17) is 0 Å². The van der Waals surface area contributed by atoms with Crippen LogP contribution >= 0.6 is 0 Å². The van der Waals surface area contributed by atoms with Gasteiger partial charge in [0.1, 0.15) is 0 Å². The zero-order valence-electron chi connectivity index (χ0n) is 11.3. The molecule has 1 aliphatic rings. The van der Waals surface area contributed by atoms with E-state index in [1.165, 1.54) is 71.1 Å². The van der Waals surface area contributed by atoms with Crippen LogP contribution in [0.5, 0.6) is 0 Å². The molecule has 0 radical (unpaired) electrons. The average Bonchev–Trinajstić information content (AvgIpc) is 2.35. The molecular weight excluding hydrogens is 196 g/mol. The van der Waals surface area contributed by atoms with Crippen molar-refractivity contribution < 1.29 is 0 Å². The van der Waals surface area contributed by atoms with Gasteiger partial charge in [-0.3, -0.25) is 0 Å². The normalized spacial score (nSPS) is 18.2. The Morgan fingerprint density at radius 2 is 1.81 bits per heavy atom. The molecule has 0 unspecified atom stereocenters. The predicted octanol–water partition coefficient (Wildman–Crippen LogP) is 3.03. The Bertz CT molecular complexity index is 153. The molecule has 0 aliphatic heterocycles. The largest absolute Gasteiger partial charge is 0.317 e. The predicted molar refractivity (Wildman–Crippen MR) is 71.9 cm³/mol. The monoisotopic (exact) mass is 226 g/mol. The Labute approximate surface area is 102 Å². The van der Waals surface area contributed by atoms with Crippen molar-refractivity contribution in [1.82, 2.24) is 10.2 Å². The lowest BCUT2D eigenvalue weighted by Gasteiger charge is -2.33. The van der Waals surface area contributed by atoms with Gasteiger partial charge in [-0.1, -0.05) is 33.1 Å². The van der Waals surface area contributed by atoms with Crippen LogP contribution in [0.1, 0.15) is 58.8 Å². The van der Waals surface area contributed by atoms with Gasteiger partial charge >= 0.3 is 0 Å². The van der Waals surface area contributed by atoms with Crippen LogP contribution in [-0.2, 0) is 0 Å². The fraction of sp³-hybridized carbons (Fsp3) is 1.00. The van der Waals surface area contributed by atoms with E-state index in [-0.39, 0.29) is 0 Å². The van der Waals surface area contributed by atoms with E-state index in [9.17, 15) is 0 Å². The quantitative estimate of drug-likeness (QED) is 0.640. The summed E-state index contributed by atoms with van der Waals surface area (Å²) in [5.41, 5.74) is 0. The topological polar surface area (TPSA) is 15.3 Å². The molecule has 2 heteroatoms. The highest BCUT2D eigenvalue weighted by molar-refractivity contribution is 4.75. The molecule has 16 heavy (non-hydrogen) atoms. The van der Waals surface area contributed by atoms with Crippen LogP contribution in [-0.4, -0.2) is 37.1 Å². The van der Waals surface area contributed by atoms with E-state index in [2.05, 4.69) is 24.1 Å². The van der Waals surface area contributed by atoms with Crippen LogP contribution in [0.4, 0.5) is 0 Å². The molecule has 0 spiro atoms. The van der Waals surface area contributed by atoms with Crippen molar-refractivity contribution in [3.8, 4) is 0 Å². The Balaban J connectivity index is 2.10. The molecule has 2 nitrogen and oxygen atoms in total. The summed E-state index contributed by atoms with van der Waals surface area (Å²) in [6, 6.07) is 0.893. The van der Waals surface area contributed by atoms with E-state index in [1.807, 2.05) is 0 Å². The molecule has 0 aromatic heterocycles. The molecule has 0 aromatic carbocycles. The number of hydrogen-bond acceptors (Lipinski definition) is 2. The Morgan fingerprint density at radius 3 is 2.44 bits per heavy atom. The molecule has 96 valence electrons. The van der Waals surface area contributed by atoms with E-state index in [0.29, 0.717) is 0 Å². The molecule has 1 rings (SSSR count). The molecule has 1 saturated carbocycles. The minimum Gasteiger partial charge on any atom is -0.317 e. The summed E-state index contributed by atoms with van der Waals surface area (Å²) in [7, 11) is 0. The minimum atomic E-state index is 0.893. The molecule has 0 heterocycles. The molecular formula is C14H30N2. The summed E-state index contributed by atoms with van der Waals surface area (Å²) >= 11 is 0. The number of nitrogens with one attached hydrogen (secondary N) is 1. The summed E-state index contributed by atoms with van der Waals surface area (Å²) < 4.78 is 0. The van der Waals surface area contributed by atoms with Crippen LogP contribution in [0.3, 0.4) is 0 Å². The minimum absolute atomic E-state index is 0.893. The van der Waals surface area contributed by atoms with E-state index in [0.717, 1.165) is 6.04 Å². The number of nitrogens with zero attached hydrogens (tertiary/aromatic N) is 1. The summed E-state index contributed by atoms with van der Waals surface area (Å²) in [6.45, 7) is 9.43. The molecule has 0 aromatic rings. The number of hydrogen-bond donors (Lipinski definition) is 1. The van der Waals surface area contributed by atoms with Crippen molar-refractivity contribution in [2.75, 3.05) is 26.2 Å². The van der Waals surface area contributed by atoms with E-state index in [1.54, 1.807) is 0 Å². The first-order valence-corrected chi connectivity index (χ1v) is 7.33. The van der Waals surface area contributed by atoms with Crippen molar-refractivity contribution in [1.29, 1.82) is 0 Å². The van der Waals surface area contributed by atoms with Gasteiger partial charge in [0, 0.05) is 6.04 Å². The summed E-state index contributed by atoms with van der Waals surface area (Å²) in [6.07, 6.45) is 9.81. The zero-order chi connectivity index (χ0) is 11.6. The third-order valence-electron chi connectivity index (χ3n) is 3.72. The highest BCUT2D eigenvalue weighted by atomic mass is 15.1. The second-order valence-electron chi connectivity index (χ2n) is 5.02. The SMILES string of the molecule is CCCNCCCN(CC)C1CCCCC1. The Kier molecular flexibility index (Phi) is 7.87. The first-order valence-electron chi connectivity index (χ1n) is 7.33. The van der Waals surface area contributed by atoms with Gasteiger partial charge < -0.3 is 10.2 Å². The molecule has 0 bridgehead atoms.